The maximum absolute atomic E-state index is 12.0. The molecule has 0 saturated heterocycles. The second-order valence-corrected chi connectivity index (χ2v) is 8.80. The number of carbonyl (C=O) groups excluding carboxylic acids is 1. The van der Waals surface area contributed by atoms with E-state index in [-0.39, 0.29) is 17.2 Å². The molecule has 0 aliphatic carbocycles. The van der Waals surface area contributed by atoms with Crippen molar-refractivity contribution in [3.8, 4) is 11.4 Å². The minimum absolute atomic E-state index is 0.00991. The van der Waals surface area contributed by atoms with Gasteiger partial charge in [0.15, 0.2) is 9.84 Å². The summed E-state index contributed by atoms with van der Waals surface area (Å²) in [7, 11) is -3.34. The molecule has 0 atom stereocenters. The van der Waals surface area contributed by atoms with Crippen LogP contribution in [0.25, 0.3) is 11.4 Å². The van der Waals surface area contributed by atoms with E-state index in [9.17, 15) is 13.2 Å². The van der Waals surface area contributed by atoms with Gasteiger partial charge in [-0.1, -0.05) is 41.9 Å². The Labute approximate surface area is 173 Å². The third-order valence-corrected chi connectivity index (χ3v) is 5.97. The number of anilines is 1. The average molecular weight is 435 g/mol. The average Bonchev–Trinajstić information content (AvgIpc) is 3.17. The fraction of sp³-hybridized carbons (Fsp3) is 0.211. The Balaban J connectivity index is 1.53. The van der Waals surface area contributed by atoms with E-state index >= 15 is 0 Å². The van der Waals surface area contributed by atoms with E-state index in [1.807, 2.05) is 6.07 Å². The standard InChI is InChI=1S/C19H19ClN4O4S/c1-2-29(26,27)16-8-4-7-15(12-16)22-19(25)21-10-9-17-23-18(24-28-17)13-5-3-6-14(20)11-13/h3-8,11-12H,2,9-10H2,1H3,(H2,21,22,25). The highest BCUT2D eigenvalue weighted by molar-refractivity contribution is 7.91. The van der Waals surface area contributed by atoms with Crippen molar-refractivity contribution >= 4 is 33.2 Å². The number of hydrogen-bond donors (Lipinski definition) is 2. The molecule has 0 bridgehead atoms. The van der Waals surface area contributed by atoms with Gasteiger partial charge in [-0.3, -0.25) is 0 Å². The van der Waals surface area contributed by atoms with Gasteiger partial charge in [-0.15, -0.1) is 0 Å². The molecule has 2 amide bonds. The highest BCUT2D eigenvalue weighted by Crippen LogP contribution is 2.20. The van der Waals surface area contributed by atoms with Crippen molar-refractivity contribution in [2.24, 2.45) is 0 Å². The van der Waals surface area contributed by atoms with E-state index in [0.717, 1.165) is 5.56 Å². The van der Waals surface area contributed by atoms with Crippen LogP contribution < -0.4 is 10.6 Å². The third-order valence-electron chi connectivity index (χ3n) is 4.01. The fourth-order valence-corrected chi connectivity index (χ4v) is 3.61. The maximum Gasteiger partial charge on any atom is 0.319 e. The van der Waals surface area contributed by atoms with E-state index < -0.39 is 15.9 Å². The molecule has 0 radical (unpaired) electrons. The molecule has 0 saturated carbocycles. The number of nitrogens with zero attached hydrogens (tertiary/aromatic N) is 2. The molecule has 1 heterocycles. The first kappa shape index (κ1) is 20.8. The Bertz CT molecular complexity index is 1110. The van der Waals surface area contributed by atoms with Gasteiger partial charge in [0.2, 0.25) is 11.7 Å². The van der Waals surface area contributed by atoms with E-state index in [0.29, 0.717) is 28.8 Å². The van der Waals surface area contributed by atoms with Gasteiger partial charge in [-0.25, -0.2) is 13.2 Å². The normalized spacial score (nSPS) is 11.2. The Morgan fingerprint density at radius 2 is 1.97 bits per heavy atom. The quantitative estimate of drug-likeness (QED) is 0.587. The Kier molecular flexibility index (Phi) is 6.50. The van der Waals surface area contributed by atoms with Crippen molar-refractivity contribution in [2.75, 3.05) is 17.6 Å². The molecule has 0 spiro atoms. The summed E-state index contributed by atoms with van der Waals surface area (Å²) in [6.07, 6.45) is 0.339. The van der Waals surface area contributed by atoms with Crippen LogP contribution in [0, 0.1) is 0 Å². The monoisotopic (exact) mass is 434 g/mol. The predicted molar refractivity (Wildman–Crippen MR) is 110 cm³/mol. The number of benzene rings is 2. The number of sulfone groups is 1. The molecule has 0 fully saturated rings. The number of halogens is 1. The summed E-state index contributed by atoms with van der Waals surface area (Å²) in [5.74, 6) is 0.779. The molecule has 1 aromatic heterocycles. The number of aromatic nitrogens is 2. The topological polar surface area (TPSA) is 114 Å². The fourth-order valence-electron chi connectivity index (χ4n) is 2.49. The lowest BCUT2D eigenvalue weighted by molar-refractivity contribution is 0.252. The molecular weight excluding hydrogens is 416 g/mol. The lowest BCUT2D eigenvalue weighted by Gasteiger charge is -2.08. The Hall–Kier alpha value is -2.91. The maximum atomic E-state index is 12.0. The van der Waals surface area contributed by atoms with Crippen LogP contribution >= 0.6 is 11.6 Å². The molecule has 0 unspecified atom stereocenters. The number of hydrogen-bond acceptors (Lipinski definition) is 6. The molecule has 29 heavy (non-hydrogen) atoms. The molecular formula is C19H19ClN4O4S. The summed E-state index contributed by atoms with van der Waals surface area (Å²) >= 11 is 5.96. The largest absolute Gasteiger partial charge is 0.339 e. The summed E-state index contributed by atoms with van der Waals surface area (Å²) in [6.45, 7) is 1.83. The van der Waals surface area contributed by atoms with Gasteiger partial charge in [0, 0.05) is 29.2 Å². The molecule has 2 aromatic carbocycles. The highest BCUT2D eigenvalue weighted by atomic mass is 35.5. The first-order valence-corrected chi connectivity index (χ1v) is 10.9. The van der Waals surface area contributed by atoms with Crippen molar-refractivity contribution in [1.82, 2.24) is 15.5 Å². The summed E-state index contributed by atoms with van der Waals surface area (Å²) in [5.41, 5.74) is 1.12. The number of urea groups is 1. The SMILES string of the molecule is CCS(=O)(=O)c1cccc(NC(=O)NCCc2nc(-c3cccc(Cl)c3)no2)c1. The van der Waals surface area contributed by atoms with Gasteiger partial charge in [0.1, 0.15) is 0 Å². The summed E-state index contributed by atoms with van der Waals surface area (Å²) < 4.78 is 29.0. The van der Waals surface area contributed by atoms with E-state index in [1.165, 1.54) is 12.1 Å². The van der Waals surface area contributed by atoms with Crippen molar-refractivity contribution in [2.45, 2.75) is 18.2 Å². The zero-order chi connectivity index (χ0) is 20.9. The van der Waals surface area contributed by atoms with Crippen molar-refractivity contribution in [3.63, 3.8) is 0 Å². The first-order valence-electron chi connectivity index (χ1n) is 8.83. The van der Waals surface area contributed by atoms with E-state index in [4.69, 9.17) is 16.1 Å². The molecule has 0 aliphatic heterocycles. The van der Waals surface area contributed by atoms with Gasteiger partial charge >= 0.3 is 6.03 Å². The minimum atomic E-state index is -3.34. The summed E-state index contributed by atoms with van der Waals surface area (Å²) in [5, 5.41) is 9.74. The second-order valence-electron chi connectivity index (χ2n) is 6.08. The van der Waals surface area contributed by atoms with Crippen LogP contribution in [0.3, 0.4) is 0 Å². The zero-order valence-corrected chi connectivity index (χ0v) is 17.1. The van der Waals surface area contributed by atoms with Gasteiger partial charge < -0.3 is 15.2 Å². The third kappa shape index (κ3) is 5.55. The number of amides is 2. The van der Waals surface area contributed by atoms with Gasteiger partial charge in [-0.05, 0) is 30.3 Å². The predicted octanol–water partition coefficient (Wildman–Crippen LogP) is 3.55. The molecule has 2 N–H and O–H groups in total. The van der Waals surface area contributed by atoms with Crippen LogP contribution in [-0.4, -0.2) is 36.9 Å². The summed E-state index contributed by atoms with van der Waals surface area (Å²) in [6, 6.07) is 12.7. The van der Waals surface area contributed by atoms with Crippen LogP contribution in [0.15, 0.2) is 57.9 Å². The van der Waals surface area contributed by atoms with Crippen LogP contribution in [-0.2, 0) is 16.3 Å². The van der Waals surface area contributed by atoms with Crippen LogP contribution in [0.4, 0.5) is 10.5 Å². The zero-order valence-electron chi connectivity index (χ0n) is 15.6. The molecule has 3 rings (SSSR count). The van der Waals surface area contributed by atoms with Gasteiger partial charge in [-0.2, -0.15) is 4.98 Å². The molecule has 8 nitrogen and oxygen atoms in total. The van der Waals surface area contributed by atoms with Crippen molar-refractivity contribution < 1.29 is 17.7 Å². The smallest absolute Gasteiger partial charge is 0.319 e. The lowest BCUT2D eigenvalue weighted by Crippen LogP contribution is -2.30. The Morgan fingerprint density at radius 1 is 1.17 bits per heavy atom. The van der Waals surface area contributed by atoms with Crippen molar-refractivity contribution in [1.29, 1.82) is 0 Å². The summed E-state index contributed by atoms with van der Waals surface area (Å²) in [4.78, 5) is 16.5. The van der Waals surface area contributed by atoms with Crippen molar-refractivity contribution in [3.05, 3.63) is 59.4 Å². The highest BCUT2D eigenvalue weighted by Gasteiger charge is 2.13. The molecule has 0 aliphatic rings. The van der Waals surface area contributed by atoms with E-state index in [2.05, 4.69) is 20.8 Å². The second kappa shape index (κ2) is 9.06. The lowest BCUT2D eigenvalue weighted by atomic mass is 10.2. The molecule has 3 aromatic rings. The van der Waals surface area contributed by atoms with E-state index in [1.54, 1.807) is 37.3 Å². The van der Waals surface area contributed by atoms with Gasteiger partial charge in [0.25, 0.3) is 0 Å². The van der Waals surface area contributed by atoms with Crippen LogP contribution in [0.1, 0.15) is 12.8 Å². The first-order chi connectivity index (χ1) is 13.9. The van der Waals surface area contributed by atoms with Crippen LogP contribution in [0.5, 0.6) is 0 Å². The van der Waals surface area contributed by atoms with Crippen LogP contribution in [0.2, 0.25) is 5.02 Å². The van der Waals surface area contributed by atoms with Gasteiger partial charge in [0.05, 0.1) is 10.6 Å². The number of carbonyl (C=O) groups is 1. The molecule has 10 heteroatoms. The Morgan fingerprint density at radius 3 is 2.72 bits per heavy atom. The minimum Gasteiger partial charge on any atom is -0.339 e. The molecule has 152 valence electrons. The number of rotatable bonds is 7. The number of nitrogens with one attached hydrogen (secondary N) is 2.